The summed E-state index contributed by atoms with van der Waals surface area (Å²) in [6.07, 6.45) is 2.12. The molecule has 1 aromatic heterocycles. The molecule has 0 aliphatic heterocycles. The Morgan fingerprint density at radius 2 is 1.88 bits per heavy atom. The molecule has 1 aromatic carbocycles. The van der Waals surface area contributed by atoms with Gasteiger partial charge in [0.2, 0.25) is 0 Å². The predicted molar refractivity (Wildman–Crippen MR) is 80.1 cm³/mol. The Morgan fingerprint density at radius 1 is 1.24 bits per heavy atom. The van der Waals surface area contributed by atoms with Crippen LogP contribution in [0, 0.1) is 0 Å². The number of hydrogen-bond acceptors (Lipinski definition) is 1. The van der Waals surface area contributed by atoms with Gasteiger partial charge in [0, 0.05) is 23.2 Å². The molecular weight excluding hydrogens is 246 g/mol. The Labute approximate surface area is 107 Å². The van der Waals surface area contributed by atoms with Crippen molar-refractivity contribution in [2.24, 2.45) is 0 Å². The molecule has 2 aromatic rings. The Hall–Kier alpha value is -0.710. The van der Waals surface area contributed by atoms with Crippen molar-refractivity contribution in [1.82, 2.24) is 9.78 Å². The van der Waals surface area contributed by atoms with Gasteiger partial charge in [0.25, 0.3) is 0 Å². The van der Waals surface area contributed by atoms with Crippen LogP contribution in [0.3, 0.4) is 0 Å². The molecule has 4 heteroatoms. The van der Waals surface area contributed by atoms with Crippen molar-refractivity contribution in [2.75, 3.05) is 0 Å². The zero-order valence-corrected chi connectivity index (χ0v) is 12.5. The van der Waals surface area contributed by atoms with Crippen molar-refractivity contribution < 1.29 is 0 Å². The molecule has 0 amide bonds. The van der Waals surface area contributed by atoms with Crippen molar-refractivity contribution in [2.45, 2.75) is 25.3 Å². The fraction of sp³-hybridized carbons (Fsp3) is 0.308. The fourth-order valence-corrected chi connectivity index (χ4v) is 2.24. The number of aryl methyl sites for hydroxylation is 1. The summed E-state index contributed by atoms with van der Waals surface area (Å²) in [7, 11) is 5.67. The summed E-state index contributed by atoms with van der Waals surface area (Å²) in [5, 5.41) is 4.65. The molecule has 0 spiro atoms. The lowest BCUT2D eigenvalue weighted by molar-refractivity contribution is 0.644. The van der Waals surface area contributed by atoms with Crippen molar-refractivity contribution in [1.29, 1.82) is 0 Å². The maximum absolute atomic E-state index is 4.65. The molecule has 1 heterocycles. The minimum atomic E-state index is -0.0917. The van der Waals surface area contributed by atoms with Gasteiger partial charge in [0.1, 0.15) is 0 Å². The zero-order chi connectivity index (χ0) is 12.5. The van der Waals surface area contributed by atoms with Crippen LogP contribution >= 0.6 is 18.5 Å². The average molecular weight is 264 g/mol. The van der Waals surface area contributed by atoms with Gasteiger partial charge in [0.05, 0.1) is 5.69 Å². The van der Waals surface area contributed by atoms with E-state index in [9.17, 15) is 0 Å². The van der Waals surface area contributed by atoms with Crippen LogP contribution in [-0.4, -0.2) is 9.78 Å². The maximum Gasteiger partial charge on any atom is 0.0836 e. The topological polar surface area (TPSA) is 17.8 Å². The van der Waals surface area contributed by atoms with Gasteiger partial charge < -0.3 is 0 Å². The Kier molecular flexibility index (Phi) is 3.66. The largest absolute Gasteiger partial charge is 0.272 e. The lowest BCUT2D eigenvalue weighted by atomic mass is 10.1. The lowest BCUT2D eigenvalue weighted by Gasteiger charge is -2.17. The van der Waals surface area contributed by atoms with E-state index in [1.54, 1.807) is 0 Å². The molecule has 0 bridgehead atoms. The van der Waals surface area contributed by atoms with Crippen molar-refractivity contribution in [3.8, 4) is 11.1 Å². The van der Waals surface area contributed by atoms with Gasteiger partial charge in [-0.2, -0.15) is 5.10 Å². The molecule has 0 fully saturated rings. The van der Waals surface area contributed by atoms with Gasteiger partial charge >= 0.3 is 0 Å². The van der Waals surface area contributed by atoms with Crippen LogP contribution in [0.1, 0.15) is 19.5 Å². The Morgan fingerprint density at radius 3 is 2.41 bits per heavy atom. The standard InChI is InChI=1S/C13H18N2P2/c1-3-15-9-11(10-7-5-4-6-8-10)12(14-15)13(2,16)17/h4-9H,3,16-17H2,1-2H3. The minimum absolute atomic E-state index is 0.0917. The Balaban J connectivity index is 2.57. The van der Waals surface area contributed by atoms with Crippen LogP contribution in [0.4, 0.5) is 0 Å². The summed E-state index contributed by atoms with van der Waals surface area (Å²) in [4.78, 5) is -0.0917. The van der Waals surface area contributed by atoms with Gasteiger partial charge in [-0.1, -0.05) is 30.3 Å². The molecular formula is C13H18N2P2. The lowest BCUT2D eigenvalue weighted by Crippen LogP contribution is -2.06. The zero-order valence-electron chi connectivity index (χ0n) is 10.2. The second-order valence-corrected chi connectivity index (χ2v) is 7.46. The van der Waals surface area contributed by atoms with E-state index >= 15 is 0 Å². The smallest absolute Gasteiger partial charge is 0.0836 e. The highest BCUT2D eigenvalue weighted by molar-refractivity contribution is 7.38. The van der Waals surface area contributed by atoms with Gasteiger partial charge in [-0.3, -0.25) is 4.68 Å². The second kappa shape index (κ2) is 4.88. The average Bonchev–Trinajstić information content (AvgIpc) is 2.74. The normalized spacial score (nSPS) is 11.8. The van der Waals surface area contributed by atoms with Gasteiger partial charge in [0.15, 0.2) is 0 Å². The molecule has 2 atom stereocenters. The van der Waals surface area contributed by atoms with Crippen LogP contribution in [-0.2, 0) is 11.4 Å². The van der Waals surface area contributed by atoms with Crippen LogP contribution in [0.15, 0.2) is 36.5 Å². The van der Waals surface area contributed by atoms with Crippen molar-refractivity contribution in [3.63, 3.8) is 0 Å². The third kappa shape index (κ3) is 2.76. The highest BCUT2D eigenvalue weighted by Crippen LogP contribution is 2.41. The van der Waals surface area contributed by atoms with E-state index in [0.29, 0.717) is 0 Å². The van der Waals surface area contributed by atoms with E-state index < -0.39 is 0 Å². The summed E-state index contributed by atoms with van der Waals surface area (Å²) in [6, 6.07) is 10.4. The third-order valence-electron chi connectivity index (χ3n) is 2.68. The minimum Gasteiger partial charge on any atom is -0.272 e. The molecule has 0 N–H and O–H groups in total. The van der Waals surface area contributed by atoms with E-state index in [4.69, 9.17) is 0 Å². The summed E-state index contributed by atoms with van der Waals surface area (Å²) >= 11 is 0. The first-order valence-electron chi connectivity index (χ1n) is 5.73. The first-order valence-corrected chi connectivity index (χ1v) is 6.89. The first-order chi connectivity index (χ1) is 8.02. The molecule has 0 saturated heterocycles. The number of hydrogen-bond donors (Lipinski definition) is 0. The maximum atomic E-state index is 4.65. The highest BCUT2D eigenvalue weighted by Gasteiger charge is 2.23. The van der Waals surface area contributed by atoms with E-state index in [2.05, 4.69) is 67.9 Å². The quantitative estimate of drug-likeness (QED) is 0.776. The third-order valence-corrected chi connectivity index (χ3v) is 3.23. The Bertz CT molecular complexity index is 498. The summed E-state index contributed by atoms with van der Waals surface area (Å²) < 4.78 is 1.99. The van der Waals surface area contributed by atoms with E-state index in [1.165, 1.54) is 11.1 Å². The molecule has 0 radical (unpaired) electrons. The molecule has 17 heavy (non-hydrogen) atoms. The number of nitrogens with zero attached hydrogens (tertiary/aromatic N) is 2. The van der Waals surface area contributed by atoms with Crippen molar-refractivity contribution in [3.05, 3.63) is 42.2 Å². The summed E-state index contributed by atoms with van der Waals surface area (Å²) in [5.41, 5.74) is 3.53. The van der Waals surface area contributed by atoms with Crippen LogP contribution < -0.4 is 0 Å². The number of rotatable bonds is 3. The van der Waals surface area contributed by atoms with E-state index in [-0.39, 0.29) is 4.90 Å². The van der Waals surface area contributed by atoms with Crippen molar-refractivity contribution >= 4 is 18.5 Å². The molecule has 0 aliphatic rings. The number of aromatic nitrogens is 2. The second-order valence-electron chi connectivity index (χ2n) is 4.40. The SMILES string of the molecule is CCn1cc(-c2ccccc2)c(C(C)(P)P)n1. The van der Waals surface area contributed by atoms with E-state index in [1.807, 2.05) is 10.7 Å². The predicted octanol–water partition coefficient (Wildman–Crippen LogP) is 3.49. The summed E-state index contributed by atoms with van der Waals surface area (Å²) in [5.74, 6) is 0. The molecule has 0 saturated carbocycles. The monoisotopic (exact) mass is 264 g/mol. The van der Waals surface area contributed by atoms with Crippen LogP contribution in [0.25, 0.3) is 11.1 Å². The molecule has 2 unspecified atom stereocenters. The molecule has 90 valence electrons. The van der Waals surface area contributed by atoms with Gasteiger partial charge in [-0.05, 0) is 19.4 Å². The van der Waals surface area contributed by atoms with E-state index in [0.717, 1.165) is 12.2 Å². The highest BCUT2D eigenvalue weighted by atomic mass is 31.1. The van der Waals surface area contributed by atoms with Gasteiger partial charge in [-0.25, -0.2) is 0 Å². The van der Waals surface area contributed by atoms with Crippen LogP contribution in [0.5, 0.6) is 0 Å². The molecule has 2 nitrogen and oxygen atoms in total. The summed E-state index contributed by atoms with van der Waals surface area (Å²) in [6.45, 7) is 5.14. The first kappa shape index (κ1) is 12.7. The fourth-order valence-electron chi connectivity index (χ4n) is 1.81. The number of benzene rings is 1. The molecule has 0 aliphatic carbocycles. The van der Waals surface area contributed by atoms with Gasteiger partial charge in [-0.15, -0.1) is 18.5 Å². The molecule has 2 rings (SSSR count). The van der Waals surface area contributed by atoms with Crippen LogP contribution in [0.2, 0.25) is 0 Å².